The molecule has 3 saturated heterocycles. The van der Waals surface area contributed by atoms with E-state index in [4.69, 9.17) is 23.7 Å². The number of ether oxygens (including phenoxy) is 5. The van der Waals surface area contributed by atoms with E-state index in [-0.39, 0.29) is 31.4 Å². The molecule has 49 heavy (non-hydrogen) atoms. The second kappa shape index (κ2) is 16.2. The summed E-state index contributed by atoms with van der Waals surface area (Å²) in [6, 6.07) is -0.332. The van der Waals surface area contributed by atoms with Crippen molar-refractivity contribution in [2.45, 2.75) is 179 Å². The Morgan fingerprint density at radius 3 is 2.04 bits per heavy atom. The van der Waals surface area contributed by atoms with Gasteiger partial charge in [-0.2, -0.15) is 0 Å². The molecule has 3 aliphatic rings. The summed E-state index contributed by atoms with van der Waals surface area (Å²) in [5.74, 6) is -4.00. The van der Waals surface area contributed by atoms with Crippen molar-refractivity contribution in [1.82, 2.24) is 4.90 Å². The Bertz CT molecular complexity index is 1120. The van der Waals surface area contributed by atoms with E-state index >= 15 is 0 Å². The number of esters is 1. The Hall–Kier alpha value is -1.30. The molecule has 14 heteroatoms. The average Bonchev–Trinajstić information content (AvgIpc) is 2.99. The number of hydrogen-bond donors (Lipinski definition) is 6. The van der Waals surface area contributed by atoms with Gasteiger partial charge in [0, 0.05) is 30.2 Å². The number of rotatable bonds is 6. The molecule has 3 rings (SSSR count). The second-order valence-corrected chi connectivity index (χ2v) is 15.9. The summed E-state index contributed by atoms with van der Waals surface area (Å²) in [5, 5.41) is 67.7. The molecule has 0 aromatic heterocycles. The average molecular weight is 706 g/mol. The summed E-state index contributed by atoms with van der Waals surface area (Å²) in [7, 11) is 3.67. The number of aliphatic hydroxyl groups is 6. The molecule has 0 aliphatic carbocycles. The highest BCUT2D eigenvalue weighted by Crippen LogP contribution is 2.39. The van der Waals surface area contributed by atoms with E-state index in [2.05, 4.69) is 0 Å². The summed E-state index contributed by atoms with van der Waals surface area (Å²) in [6.07, 6.45) is -10.9. The highest BCUT2D eigenvalue weighted by Gasteiger charge is 2.52. The Morgan fingerprint density at radius 1 is 0.878 bits per heavy atom. The van der Waals surface area contributed by atoms with Crippen molar-refractivity contribution in [2.24, 2.45) is 17.8 Å². The third-order valence-corrected chi connectivity index (χ3v) is 11.0. The molecule has 14 nitrogen and oxygen atoms in total. The third kappa shape index (κ3) is 9.58. The van der Waals surface area contributed by atoms with E-state index in [1.165, 1.54) is 27.7 Å². The van der Waals surface area contributed by atoms with E-state index in [1.54, 1.807) is 27.7 Å². The first-order valence-corrected chi connectivity index (χ1v) is 17.7. The van der Waals surface area contributed by atoms with Crippen LogP contribution in [0.25, 0.3) is 0 Å². The van der Waals surface area contributed by atoms with Crippen LogP contribution >= 0.6 is 0 Å². The van der Waals surface area contributed by atoms with Gasteiger partial charge in [-0.05, 0) is 68.0 Å². The van der Waals surface area contributed by atoms with Crippen LogP contribution in [0.1, 0.15) is 94.4 Å². The standard InChI is InChI=1S/C35H63NO13/c1-12-24-35(9,44)29(40)20(5)27(38)17(2)15-34(8,43)31(49-32-28(39)22(36(10)11)13-18(3)45-32)19(4)23(14-25(37)48-24)47-26-16-33(7,42)30(41)21(6)46-26/h17-24,26,28-32,39-44H,12-16H2,1-11H3/t17-,18?,19+,20+,21?,22?,23-,24-,26?,28?,29-,30?,31-,32?,33?,34-,35-/m1/s1. The maximum absolute atomic E-state index is 13.7. The first-order chi connectivity index (χ1) is 22.4. The van der Waals surface area contributed by atoms with Gasteiger partial charge in [0.1, 0.15) is 29.7 Å². The molecule has 286 valence electrons. The lowest BCUT2D eigenvalue weighted by Crippen LogP contribution is -2.60. The summed E-state index contributed by atoms with van der Waals surface area (Å²) in [4.78, 5) is 29.2. The van der Waals surface area contributed by atoms with Crippen LogP contribution in [0.3, 0.4) is 0 Å². The molecular formula is C35H63NO13. The van der Waals surface area contributed by atoms with Crippen molar-refractivity contribution >= 4 is 11.8 Å². The summed E-state index contributed by atoms with van der Waals surface area (Å²) >= 11 is 0. The van der Waals surface area contributed by atoms with Crippen molar-refractivity contribution in [3.63, 3.8) is 0 Å². The quantitative estimate of drug-likeness (QED) is 0.213. The van der Waals surface area contributed by atoms with Gasteiger partial charge in [0.25, 0.3) is 0 Å². The van der Waals surface area contributed by atoms with Gasteiger partial charge >= 0.3 is 5.97 Å². The van der Waals surface area contributed by atoms with Gasteiger partial charge in [-0.3, -0.25) is 9.59 Å². The molecule has 8 unspecified atom stereocenters. The lowest BCUT2D eigenvalue weighted by molar-refractivity contribution is -0.313. The molecule has 6 N–H and O–H groups in total. The van der Waals surface area contributed by atoms with Gasteiger partial charge < -0.3 is 59.2 Å². The Labute approximate surface area is 291 Å². The molecule has 0 radical (unpaired) electrons. The maximum Gasteiger partial charge on any atom is 0.308 e. The number of nitrogens with zero attached hydrogens (tertiary/aromatic N) is 1. The number of cyclic esters (lactones) is 1. The van der Waals surface area contributed by atoms with Crippen LogP contribution in [0, 0.1) is 17.8 Å². The van der Waals surface area contributed by atoms with E-state index < -0.39 is 108 Å². The molecule has 0 aromatic carbocycles. The molecule has 3 heterocycles. The highest BCUT2D eigenvalue weighted by molar-refractivity contribution is 5.83. The molecule has 0 bridgehead atoms. The highest BCUT2D eigenvalue weighted by atomic mass is 16.7. The fourth-order valence-electron chi connectivity index (χ4n) is 7.91. The van der Waals surface area contributed by atoms with Crippen molar-refractivity contribution in [3.05, 3.63) is 0 Å². The first-order valence-electron chi connectivity index (χ1n) is 17.7. The Morgan fingerprint density at radius 2 is 1.49 bits per heavy atom. The van der Waals surface area contributed by atoms with Crippen LogP contribution in [0.2, 0.25) is 0 Å². The minimum absolute atomic E-state index is 0.125. The fraction of sp³-hybridized carbons (Fsp3) is 0.943. The van der Waals surface area contributed by atoms with Gasteiger partial charge in [-0.15, -0.1) is 0 Å². The van der Waals surface area contributed by atoms with E-state index in [0.29, 0.717) is 6.42 Å². The molecule has 0 amide bonds. The predicted molar refractivity (Wildman–Crippen MR) is 177 cm³/mol. The van der Waals surface area contributed by atoms with Gasteiger partial charge in [0.2, 0.25) is 0 Å². The van der Waals surface area contributed by atoms with E-state index in [1.807, 2.05) is 25.9 Å². The van der Waals surface area contributed by atoms with Crippen LogP contribution in [0.4, 0.5) is 0 Å². The van der Waals surface area contributed by atoms with Crippen molar-refractivity contribution in [2.75, 3.05) is 14.1 Å². The van der Waals surface area contributed by atoms with Gasteiger partial charge in [0.05, 0.1) is 48.1 Å². The fourth-order valence-corrected chi connectivity index (χ4v) is 7.91. The summed E-state index contributed by atoms with van der Waals surface area (Å²) in [6.45, 7) is 14.2. The first kappa shape index (κ1) is 42.1. The normalized spacial score (nSPS) is 49.8. The molecule has 17 atom stereocenters. The number of likely N-dealkylation sites (N-methyl/N-ethyl adjacent to an activating group) is 1. The zero-order valence-corrected chi connectivity index (χ0v) is 31.1. The number of Topliss-reactive ketones (excluding diaryl/α,β-unsaturated/α-hetero) is 1. The second-order valence-electron chi connectivity index (χ2n) is 15.9. The van der Waals surface area contributed by atoms with Crippen LogP contribution in [-0.4, -0.2) is 146 Å². The van der Waals surface area contributed by atoms with Crippen LogP contribution in [-0.2, 0) is 33.3 Å². The number of aliphatic hydroxyl groups excluding tert-OH is 3. The largest absolute Gasteiger partial charge is 0.459 e. The Kier molecular flexibility index (Phi) is 13.9. The molecule has 3 aliphatic heterocycles. The number of carbonyl (C=O) groups excluding carboxylic acids is 2. The summed E-state index contributed by atoms with van der Waals surface area (Å²) in [5.41, 5.74) is -5.38. The molecular weight excluding hydrogens is 642 g/mol. The van der Waals surface area contributed by atoms with Crippen molar-refractivity contribution in [1.29, 1.82) is 0 Å². The third-order valence-electron chi connectivity index (χ3n) is 11.0. The topological polar surface area (TPSA) is 205 Å². The molecule has 0 aromatic rings. The zero-order chi connectivity index (χ0) is 37.4. The maximum atomic E-state index is 13.7. The zero-order valence-electron chi connectivity index (χ0n) is 31.1. The monoisotopic (exact) mass is 705 g/mol. The summed E-state index contributed by atoms with van der Waals surface area (Å²) < 4.78 is 30.6. The smallest absolute Gasteiger partial charge is 0.308 e. The van der Waals surface area contributed by atoms with Crippen LogP contribution in [0.15, 0.2) is 0 Å². The molecule has 3 fully saturated rings. The lowest BCUT2D eigenvalue weighted by atomic mass is 9.74. The van der Waals surface area contributed by atoms with Crippen LogP contribution in [0.5, 0.6) is 0 Å². The number of hydrogen-bond acceptors (Lipinski definition) is 14. The van der Waals surface area contributed by atoms with E-state index in [0.717, 1.165) is 0 Å². The minimum Gasteiger partial charge on any atom is -0.459 e. The van der Waals surface area contributed by atoms with Gasteiger partial charge in [-0.1, -0.05) is 27.7 Å². The number of carbonyl (C=O) groups is 2. The van der Waals surface area contributed by atoms with E-state index in [9.17, 15) is 40.2 Å². The minimum atomic E-state index is -2.00. The Balaban J connectivity index is 2.12. The SMILES string of the molecule is CC[C@H]1OC(=O)C[C@@H](OC2CC(C)(O)C(O)C(C)O2)[C@H](C)[C@@H](OC2OC(C)CC(N(C)C)C2O)[C@](C)(O)C[C@@H](C)C(=O)[C@H](C)[C@@H](O)[C@]1(C)O. The molecule has 0 saturated carbocycles. The lowest BCUT2D eigenvalue weighted by Gasteiger charge is -2.48. The van der Waals surface area contributed by atoms with Crippen LogP contribution < -0.4 is 0 Å². The van der Waals surface area contributed by atoms with Crippen molar-refractivity contribution in [3.8, 4) is 0 Å². The number of ketones is 1. The molecule has 0 spiro atoms. The predicted octanol–water partition coefficient (Wildman–Crippen LogP) is 0.886. The van der Waals surface area contributed by atoms with Gasteiger partial charge in [-0.25, -0.2) is 0 Å². The van der Waals surface area contributed by atoms with Crippen molar-refractivity contribution < 1.29 is 63.9 Å². The van der Waals surface area contributed by atoms with Gasteiger partial charge in [0.15, 0.2) is 12.6 Å².